The molecule has 3 aromatic rings. The molecule has 3 aromatic carbocycles. The molecule has 0 aliphatic heterocycles. The van der Waals surface area contributed by atoms with E-state index in [1.807, 2.05) is 66.7 Å². The molecule has 166 valence electrons. The van der Waals surface area contributed by atoms with Crippen LogP contribution in [0.4, 0.5) is 0 Å². The summed E-state index contributed by atoms with van der Waals surface area (Å²) in [4.78, 5) is 25.3. The molecule has 0 amide bonds. The Hall–Kier alpha value is -3.44. The highest BCUT2D eigenvalue weighted by Crippen LogP contribution is 2.36. The predicted octanol–water partition coefficient (Wildman–Crippen LogP) is 5.68. The summed E-state index contributed by atoms with van der Waals surface area (Å²) in [7, 11) is 0. The van der Waals surface area contributed by atoms with Gasteiger partial charge in [-0.3, -0.25) is 0 Å². The van der Waals surface area contributed by atoms with Crippen molar-refractivity contribution in [3.63, 3.8) is 0 Å². The molecule has 0 bridgehead atoms. The summed E-state index contributed by atoms with van der Waals surface area (Å²) in [6.45, 7) is 5.12. The van der Waals surface area contributed by atoms with Crippen LogP contribution in [-0.4, -0.2) is 24.1 Å². The molecule has 0 radical (unpaired) electrons. The summed E-state index contributed by atoms with van der Waals surface area (Å²) in [6.07, 6.45) is -1.48. The van der Waals surface area contributed by atoms with Gasteiger partial charge in [-0.05, 0) is 44.0 Å². The van der Waals surface area contributed by atoms with Crippen LogP contribution in [-0.2, 0) is 19.0 Å². The Labute approximate surface area is 188 Å². The predicted molar refractivity (Wildman–Crippen MR) is 122 cm³/mol. The van der Waals surface area contributed by atoms with Gasteiger partial charge in [0.1, 0.15) is 18.3 Å². The molecule has 0 unspecified atom stereocenters. The minimum Gasteiger partial charge on any atom is -0.458 e. The Morgan fingerprint density at radius 3 is 1.69 bits per heavy atom. The third-order valence-corrected chi connectivity index (χ3v) is 4.58. The number of esters is 2. The zero-order chi connectivity index (χ0) is 23.0. The van der Waals surface area contributed by atoms with Crippen LogP contribution in [0.25, 0.3) is 0 Å². The van der Waals surface area contributed by atoms with Gasteiger partial charge in [0.05, 0.1) is 5.56 Å². The van der Waals surface area contributed by atoms with E-state index in [0.29, 0.717) is 5.56 Å². The lowest BCUT2D eigenvalue weighted by Gasteiger charge is -2.28. The van der Waals surface area contributed by atoms with E-state index in [2.05, 4.69) is 0 Å². The number of hydrogen-bond acceptors (Lipinski definition) is 5. The first-order valence-corrected chi connectivity index (χ1v) is 10.5. The molecule has 0 fully saturated rings. The molecule has 0 heterocycles. The van der Waals surface area contributed by atoms with Gasteiger partial charge in [-0.25, -0.2) is 9.59 Å². The number of carbonyl (C=O) groups is 2. The highest BCUT2D eigenvalue weighted by atomic mass is 16.6. The molecule has 32 heavy (non-hydrogen) atoms. The summed E-state index contributed by atoms with van der Waals surface area (Å²) in [5.41, 5.74) is 1.36. The number of rotatable bonds is 8. The SMILES string of the molecule is CC(C)(C)OC(=O)CO[C@H](c1ccccc1)[C@@H](OC(=O)c1ccccc1)c1ccccc1. The van der Waals surface area contributed by atoms with E-state index in [0.717, 1.165) is 11.1 Å². The van der Waals surface area contributed by atoms with E-state index < -0.39 is 29.7 Å². The van der Waals surface area contributed by atoms with Gasteiger partial charge in [0.15, 0.2) is 6.10 Å². The molecule has 0 aliphatic carbocycles. The van der Waals surface area contributed by atoms with E-state index in [4.69, 9.17) is 14.2 Å². The van der Waals surface area contributed by atoms with E-state index in [-0.39, 0.29) is 6.61 Å². The van der Waals surface area contributed by atoms with Crippen LogP contribution < -0.4 is 0 Å². The second-order valence-electron chi connectivity index (χ2n) is 8.33. The Balaban J connectivity index is 1.92. The van der Waals surface area contributed by atoms with Crippen molar-refractivity contribution in [1.29, 1.82) is 0 Å². The fraction of sp³-hybridized carbons (Fsp3) is 0.259. The fourth-order valence-corrected chi connectivity index (χ4v) is 3.23. The first-order chi connectivity index (χ1) is 15.3. The summed E-state index contributed by atoms with van der Waals surface area (Å²) in [6, 6.07) is 27.6. The van der Waals surface area contributed by atoms with Crippen molar-refractivity contribution in [2.45, 2.75) is 38.6 Å². The Morgan fingerprint density at radius 1 is 0.719 bits per heavy atom. The Bertz CT molecular complexity index is 994. The standard InChI is InChI=1S/C27H28O5/c1-27(2,3)32-23(28)19-30-24(20-13-7-4-8-14-20)25(21-15-9-5-10-16-21)31-26(29)22-17-11-6-12-18-22/h4-18,24-25H,19H2,1-3H3/t24-,25+/m1/s1. The first-order valence-electron chi connectivity index (χ1n) is 10.5. The van der Waals surface area contributed by atoms with E-state index >= 15 is 0 Å². The zero-order valence-corrected chi connectivity index (χ0v) is 18.6. The molecule has 0 aliphatic rings. The largest absolute Gasteiger partial charge is 0.458 e. The Kier molecular flexibility index (Phi) is 7.79. The van der Waals surface area contributed by atoms with Gasteiger partial charge < -0.3 is 14.2 Å². The monoisotopic (exact) mass is 432 g/mol. The second kappa shape index (κ2) is 10.7. The minimum atomic E-state index is -0.770. The average Bonchev–Trinajstić information content (AvgIpc) is 2.79. The van der Waals surface area contributed by atoms with Gasteiger partial charge in [0, 0.05) is 0 Å². The number of ether oxygens (including phenoxy) is 3. The zero-order valence-electron chi connectivity index (χ0n) is 18.6. The van der Waals surface area contributed by atoms with Gasteiger partial charge in [-0.2, -0.15) is 0 Å². The van der Waals surface area contributed by atoms with Crippen LogP contribution in [0.1, 0.15) is 54.5 Å². The van der Waals surface area contributed by atoms with E-state index in [1.165, 1.54) is 0 Å². The van der Waals surface area contributed by atoms with Crippen LogP contribution in [0, 0.1) is 0 Å². The van der Waals surface area contributed by atoms with E-state index in [9.17, 15) is 9.59 Å². The lowest BCUT2D eigenvalue weighted by molar-refractivity contribution is -0.165. The van der Waals surface area contributed by atoms with E-state index in [1.54, 1.807) is 45.0 Å². The fourth-order valence-electron chi connectivity index (χ4n) is 3.23. The van der Waals surface area contributed by atoms with Crippen molar-refractivity contribution in [2.75, 3.05) is 6.61 Å². The maximum absolute atomic E-state index is 12.9. The third-order valence-electron chi connectivity index (χ3n) is 4.58. The summed E-state index contributed by atoms with van der Waals surface area (Å²) in [5, 5.41) is 0. The molecular weight excluding hydrogens is 404 g/mol. The minimum absolute atomic E-state index is 0.275. The molecule has 0 N–H and O–H groups in total. The maximum Gasteiger partial charge on any atom is 0.338 e. The van der Waals surface area contributed by atoms with Crippen molar-refractivity contribution >= 4 is 11.9 Å². The summed E-state index contributed by atoms with van der Waals surface area (Å²) >= 11 is 0. The van der Waals surface area contributed by atoms with Crippen LogP contribution >= 0.6 is 0 Å². The Morgan fingerprint density at radius 2 is 1.19 bits per heavy atom. The molecule has 0 saturated carbocycles. The van der Waals surface area contributed by atoms with Crippen molar-refractivity contribution in [1.82, 2.24) is 0 Å². The molecule has 5 heteroatoms. The van der Waals surface area contributed by atoms with Crippen LogP contribution in [0.5, 0.6) is 0 Å². The van der Waals surface area contributed by atoms with Gasteiger partial charge in [-0.1, -0.05) is 78.9 Å². The third kappa shape index (κ3) is 6.79. The maximum atomic E-state index is 12.9. The average molecular weight is 433 g/mol. The van der Waals surface area contributed by atoms with Crippen LogP contribution in [0.2, 0.25) is 0 Å². The first kappa shape index (κ1) is 23.2. The molecule has 3 rings (SSSR count). The van der Waals surface area contributed by atoms with Crippen molar-refractivity contribution in [3.05, 3.63) is 108 Å². The normalized spacial score (nSPS) is 13.1. The number of hydrogen-bond donors (Lipinski definition) is 0. The number of benzene rings is 3. The van der Waals surface area contributed by atoms with Crippen molar-refractivity contribution in [2.24, 2.45) is 0 Å². The highest BCUT2D eigenvalue weighted by molar-refractivity contribution is 5.89. The number of carbonyl (C=O) groups excluding carboxylic acids is 2. The topological polar surface area (TPSA) is 61.8 Å². The smallest absolute Gasteiger partial charge is 0.338 e. The lowest BCUT2D eigenvalue weighted by Crippen LogP contribution is -2.28. The van der Waals surface area contributed by atoms with Gasteiger partial charge in [0.2, 0.25) is 0 Å². The molecule has 0 aromatic heterocycles. The molecule has 2 atom stereocenters. The highest BCUT2D eigenvalue weighted by Gasteiger charge is 2.31. The quantitative estimate of drug-likeness (QED) is 0.428. The summed E-state index contributed by atoms with van der Waals surface area (Å²) < 4.78 is 17.4. The molecule has 5 nitrogen and oxygen atoms in total. The summed E-state index contributed by atoms with van der Waals surface area (Å²) in [5.74, 6) is -0.958. The lowest BCUT2D eigenvalue weighted by atomic mass is 9.97. The second-order valence-corrected chi connectivity index (χ2v) is 8.33. The van der Waals surface area contributed by atoms with Gasteiger partial charge in [0.25, 0.3) is 0 Å². The van der Waals surface area contributed by atoms with Gasteiger partial charge >= 0.3 is 11.9 Å². The van der Waals surface area contributed by atoms with Crippen LogP contribution in [0.3, 0.4) is 0 Å². The molecule has 0 spiro atoms. The van der Waals surface area contributed by atoms with Crippen molar-refractivity contribution < 1.29 is 23.8 Å². The molecular formula is C27H28O5. The molecule has 0 saturated heterocycles. The van der Waals surface area contributed by atoms with Gasteiger partial charge in [-0.15, -0.1) is 0 Å². The van der Waals surface area contributed by atoms with Crippen molar-refractivity contribution in [3.8, 4) is 0 Å². The van der Waals surface area contributed by atoms with Crippen LogP contribution in [0.15, 0.2) is 91.0 Å².